The van der Waals surface area contributed by atoms with Crippen LogP contribution in [0.5, 0.6) is 0 Å². The largest absolute Gasteiger partial charge is 0.477 e. The van der Waals surface area contributed by atoms with Gasteiger partial charge in [0, 0.05) is 5.75 Å². The molecule has 0 aliphatic heterocycles. The van der Waals surface area contributed by atoms with Crippen LogP contribution in [0.4, 0.5) is 0 Å². The molecule has 1 aromatic rings. The summed E-state index contributed by atoms with van der Waals surface area (Å²) in [4.78, 5) is 14.5. The second kappa shape index (κ2) is 5.02. The van der Waals surface area contributed by atoms with E-state index < -0.39 is 16.8 Å². The van der Waals surface area contributed by atoms with Gasteiger partial charge in [-0.05, 0) is 18.1 Å². The Bertz CT molecular complexity index is 390. The van der Waals surface area contributed by atoms with Crippen molar-refractivity contribution in [2.45, 2.75) is 18.9 Å². The zero-order valence-electron chi connectivity index (χ0n) is 8.64. The Hall–Kier alpha value is -1.23. The maximum atomic E-state index is 11.7. The molecule has 0 amide bonds. The Balaban J connectivity index is 2.90. The quantitative estimate of drug-likeness (QED) is 0.847. The maximum Gasteiger partial charge on any atom is 0.354 e. The number of rotatable bonds is 4. The van der Waals surface area contributed by atoms with E-state index in [1.165, 1.54) is 6.07 Å². The van der Waals surface area contributed by atoms with Gasteiger partial charge < -0.3 is 5.11 Å². The molecule has 0 aliphatic carbocycles. The van der Waals surface area contributed by atoms with Crippen LogP contribution in [0.1, 0.15) is 24.3 Å². The minimum absolute atomic E-state index is 0.0652. The number of hydrogen-bond donors (Lipinski definition) is 1. The molecule has 4 nitrogen and oxygen atoms in total. The second-order valence-corrected chi connectivity index (χ2v) is 5.01. The number of nitrogens with zero attached hydrogens (tertiary/aromatic N) is 1. The average molecular weight is 227 g/mol. The maximum absolute atomic E-state index is 11.7. The average Bonchev–Trinajstić information content (AvgIpc) is 2.17. The van der Waals surface area contributed by atoms with Crippen LogP contribution in [0.2, 0.25) is 0 Å². The van der Waals surface area contributed by atoms with Gasteiger partial charge in [-0.3, -0.25) is 4.21 Å². The highest BCUT2D eigenvalue weighted by molar-refractivity contribution is 7.84. The van der Waals surface area contributed by atoms with Gasteiger partial charge >= 0.3 is 5.97 Å². The van der Waals surface area contributed by atoms with Gasteiger partial charge in [0.1, 0.15) is 10.7 Å². The highest BCUT2D eigenvalue weighted by atomic mass is 32.2. The summed E-state index contributed by atoms with van der Waals surface area (Å²) < 4.78 is 11.7. The number of aromatic carboxylic acids is 1. The summed E-state index contributed by atoms with van der Waals surface area (Å²) in [5.41, 5.74) is -0.0652. The molecule has 1 atom stereocenters. The third-order valence-corrected chi connectivity index (χ3v) is 3.32. The van der Waals surface area contributed by atoms with Crippen LogP contribution in [0.25, 0.3) is 0 Å². The molecule has 0 bridgehead atoms. The monoisotopic (exact) mass is 227 g/mol. The number of hydrogen-bond acceptors (Lipinski definition) is 3. The van der Waals surface area contributed by atoms with Gasteiger partial charge in [-0.25, -0.2) is 9.78 Å². The highest BCUT2D eigenvalue weighted by Crippen LogP contribution is 2.08. The van der Waals surface area contributed by atoms with Gasteiger partial charge in [-0.1, -0.05) is 19.9 Å². The summed E-state index contributed by atoms with van der Waals surface area (Å²) in [6.07, 6.45) is 0. The van der Waals surface area contributed by atoms with E-state index >= 15 is 0 Å². The lowest BCUT2D eigenvalue weighted by Crippen LogP contribution is -2.09. The van der Waals surface area contributed by atoms with Crippen molar-refractivity contribution in [2.75, 3.05) is 5.75 Å². The number of aromatic nitrogens is 1. The predicted octanol–water partition coefficient (Wildman–Crippen LogP) is 1.54. The molecule has 0 aliphatic rings. The fraction of sp³-hybridized carbons (Fsp3) is 0.400. The fourth-order valence-electron chi connectivity index (χ4n) is 1.05. The minimum atomic E-state index is -1.21. The molecule has 0 saturated carbocycles. The van der Waals surface area contributed by atoms with Crippen LogP contribution in [0.15, 0.2) is 23.2 Å². The molecule has 15 heavy (non-hydrogen) atoms. The topological polar surface area (TPSA) is 67.3 Å². The Kier molecular flexibility index (Phi) is 3.96. The van der Waals surface area contributed by atoms with E-state index in [1.807, 2.05) is 13.8 Å². The third kappa shape index (κ3) is 3.43. The van der Waals surface area contributed by atoms with Crippen molar-refractivity contribution in [3.63, 3.8) is 0 Å². The van der Waals surface area contributed by atoms with E-state index in [9.17, 15) is 9.00 Å². The van der Waals surface area contributed by atoms with Crippen molar-refractivity contribution in [1.82, 2.24) is 4.98 Å². The number of pyridine rings is 1. The van der Waals surface area contributed by atoms with Gasteiger partial charge in [0.05, 0.1) is 10.8 Å². The first-order chi connectivity index (χ1) is 7.00. The first-order valence-corrected chi connectivity index (χ1v) is 5.91. The third-order valence-electron chi connectivity index (χ3n) is 1.66. The number of carboxylic acids is 1. The summed E-state index contributed by atoms with van der Waals surface area (Å²) in [6.45, 7) is 3.91. The molecule has 0 fully saturated rings. The van der Waals surface area contributed by atoms with Gasteiger partial charge in [0.25, 0.3) is 0 Å². The SMILES string of the molecule is CC(C)CS(=O)c1cccc(C(=O)O)n1. The summed E-state index contributed by atoms with van der Waals surface area (Å²) in [6, 6.07) is 4.54. The first kappa shape index (κ1) is 11.8. The first-order valence-electron chi connectivity index (χ1n) is 4.59. The van der Waals surface area contributed by atoms with Crippen molar-refractivity contribution in [3.05, 3.63) is 23.9 Å². The van der Waals surface area contributed by atoms with E-state index in [-0.39, 0.29) is 5.69 Å². The Morgan fingerprint density at radius 3 is 2.73 bits per heavy atom. The number of carboxylic acid groups (broad SMARTS) is 1. The normalized spacial score (nSPS) is 12.7. The van der Waals surface area contributed by atoms with E-state index in [4.69, 9.17) is 5.11 Å². The van der Waals surface area contributed by atoms with Crippen molar-refractivity contribution < 1.29 is 14.1 Å². The lowest BCUT2D eigenvalue weighted by Gasteiger charge is -2.04. The van der Waals surface area contributed by atoms with Gasteiger partial charge in [0.15, 0.2) is 0 Å². The summed E-state index contributed by atoms with van der Waals surface area (Å²) >= 11 is 0. The minimum Gasteiger partial charge on any atom is -0.477 e. The van der Waals surface area contributed by atoms with Crippen LogP contribution in [0, 0.1) is 5.92 Å². The summed E-state index contributed by atoms with van der Waals surface area (Å²) in [5.74, 6) is -0.310. The van der Waals surface area contributed by atoms with Crippen LogP contribution in [0.3, 0.4) is 0 Å². The zero-order chi connectivity index (χ0) is 11.4. The van der Waals surface area contributed by atoms with Crippen molar-refractivity contribution in [3.8, 4) is 0 Å². The van der Waals surface area contributed by atoms with Crippen LogP contribution in [-0.4, -0.2) is 26.0 Å². The molecule has 0 radical (unpaired) electrons. The molecular formula is C10H13NO3S. The smallest absolute Gasteiger partial charge is 0.354 e. The highest BCUT2D eigenvalue weighted by Gasteiger charge is 2.11. The standard InChI is InChI=1S/C10H13NO3S/c1-7(2)6-15(14)9-5-3-4-8(11-9)10(12)13/h3-5,7H,6H2,1-2H3,(H,12,13). The summed E-state index contributed by atoms with van der Waals surface area (Å²) in [7, 11) is -1.21. The van der Waals surface area contributed by atoms with Crippen LogP contribution >= 0.6 is 0 Å². The molecular weight excluding hydrogens is 214 g/mol. The zero-order valence-corrected chi connectivity index (χ0v) is 9.45. The Labute approximate surface area is 90.8 Å². The molecule has 1 aromatic heterocycles. The molecule has 1 rings (SSSR count). The van der Waals surface area contributed by atoms with Gasteiger partial charge in [-0.2, -0.15) is 0 Å². The summed E-state index contributed by atoms with van der Waals surface area (Å²) in [5, 5.41) is 9.05. The Morgan fingerprint density at radius 2 is 2.20 bits per heavy atom. The number of carbonyl (C=O) groups is 1. The lowest BCUT2D eigenvalue weighted by atomic mass is 10.3. The fourth-order valence-corrected chi connectivity index (χ4v) is 2.26. The molecule has 1 unspecified atom stereocenters. The predicted molar refractivity (Wildman–Crippen MR) is 57.3 cm³/mol. The van der Waals surface area contributed by atoms with E-state index in [0.29, 0.717) is 16.7 Å². The van der Waals surface area contributed by atoms with Crippen molar-refractivity contribution >= 4 is 16.8 Å². The molecule has 5 heteroatoms. The second-order valence-electron chi connectivity index (χ2n) is 3.57. The molecule has 0 saturated heterocycles. The van der Waals surface area contributed by atoms with Crippen molar-refractivity contribution in [2.24, 2.45) is 5.92 Å². The van der Waals surface area contributed by atoms with E-state index in [0.717, 1.165) is 0 Å². The molecule has 1 N–H and O–H groups in total. The van der Waals surface area contributed by atoms with E-state index in [1.54, 1.807) is 12.1 Å². The van der Waals surface area contributed by atoms with E-state index in [2.05, 4.69) is 4.98 Å². The van der Waals surface area contributed by atoms with Crippen LogP contribution in [-0.2, 0) is 10.8 Å². The molecule has 82 valence electrons. The van der Waals surface area contributed by atoms with Crippen LogP contribution < -0.4 is 0 Å². The van der Waals surface area contributed by atoms with Gasteiger partial charge in [0.2, 0.25) is 0 Å². The molecule has 1 heterocycles. The Morgan fingerprint density at radius 1 is 1.53 bits per heavy atom. The van der Waals surface area contributed by atoms with Gasteiger partial charge in [-0.15, -0.1) is 0 Å². The van der Waals surface area contributed by atoms with Crippen molar-refractivity contribution in [1.29, 1.82) is 0 Å². The lowest BCUT2D eigenvalue weighted by molar-refractivity contribution is 0.0689. The molecule has 0 spiro atoms. The molecule has 0 aromatic carbocycles.